The molecule has 0 amide bonds. The highest BCUT2D eigenvalue weighted by atomic mass is 16.8. The summed E-state index contributed by atoms with van der Waals surface area (Å²) in [6, 6.07) is -0.890. The lowest BCUT2D eigenvalue weighted by Crippen LogP contribution is -2.66. The minimum absolute atomic E-state index is 0.256. The van der Waals surface area contributed by atoms with Gasteiger partial charge in [-0.2, -0.15) is 0 Å². The second-order valence-electron chi connectivity index (χ2n) is 9.08. The van der Waals surface area contributed by atoms with Crippen molar-refractivity contribution in [3.05, 3.63) is 0 Å². The first-order chi connectivity index (χ1) is 17.1. The van der Waals surface area contributed by atoms with Crippen LogP contribution in [0.15, 0.2) is 4.99 Å². The van der Waals surface area contributed by atoms with Crippen molar-refractivity contribution in [2.24, 2.45) is 4.99 Å². The summed E-state index contributed by atoms with van der Waals surface area (Å²) < 4.78 is 33.0. The van der Waals surface area contributed by atoms with Crippen LogP contribution in [0.1, 0.15) is 6.92 Å². The third kappa shape index (κ3) is 5.12. The number of hydrogen-bond donors (Lipinski definition) is 9. The highest BCUT2D eigenvalue weighted by Crippen LogP contribution is 2.34. The molecule has 4 heterocycles. The van der Waals surface area contributed by atoms with Crippen molar-refractivity contribution in [3.8, 4) is 0 Å². The molecule has 0 aliphatic carbocycles. The third-order valence-corrected chi connectivity index (χ3v) is 6.69. The predicted molar refractivity (Wildman–Crippen MR) is 111 cm³/mol. The van der Waals surface area contributed by atoms with Gasteiger partial charge in [-0.15, -0.1) is 0 Å². The van der Waals surface area contributed by atoms with E-state index in [1.165, 1.54) is 0 Å². The highest BCUT2D eigenvalue weighted by molar-refractivity contribution is 5.75. The topological polar surface area (TPSA) is 250 Å². The molecule has 16 nitrogen and oxygen atoms in total. The quantitative estimate of drug-likeness (QED) is 0.149. The van der Waals surface area contributed by atoms with Crippen molar-refractivity contribution >= 4 is 5.90 Å². The number of ether oxygens (including phenoxy) is 6. The van der Waals surface area contributed by atoms with Crippen molar-refractivity contribution in [2.45, 2.75) is 99.0 Å². The molecular formula is C20H33NO15. The second-order valence-corrected chi connectivity index (χ2v) is 9.08. The van der Waals surface area contributed by atoms with Crippen LogP contribution >= 0.6 is 0 Å². The number of nitrogens with zero attached hydrogens (tertiary/aromatic N) is 1. The molecule has 208 valence electrons. The molecule has 9 N–H and O–H groups in total. The fraction of sp³-hybridized carbons (Fsp3) is 0.950. The zero-order chi connectivity index (χ0) is 26.3. The Morgan fingerprint density at radius 2 is 1.19 bits per heavy atom. The van der Waals surface area contributed by atoms with E-state index in [4.69, 9.17) is 28.4 Å². The van der Waals surface area contributed by atoms with Crippen LogP contribution in [0.2, 0.25) is 0 Å². The lowest BCUT2D eigenvalue weighted by atomic mass is 9.95. The van der Waals surface area contributed by atoms with Gasteiger partial charge in [0.1, 0.15) is 73.2 Å². The Kier molecular flexibility index (Phi) is 8.80. The van der Waals surface area contributed by atoms with Crippen molar-refractivity contribution in [2.75, 3.05) is 19.8 Å². The van der Waals surface area contributed by atoms with E-state index in [1.807, 2.05) is 0 Å². The summed E-state index contributed by atoms with van der Waals surface area (Å²) in [6.45, 7) is -0.532. The van der Waals surface area contributed by atoms with Crippen LogP contribution in [0.3, 0.4) is 0 Å². The van der Waals surface area contributed by atoms with Gasteiger partial charge in [0.15, 0.2) is 18.5 Å². The fourth-order valence-corrected chi connectivity index (χ4v) is 4.68. The van der Waals surface area contributed by atoms with E-state index in [2.05, 4.69) is 4.99 Å². The summed E-state index contributed by atoms with van der Waals surface area (Å²) in [5.41, 5.74) is 0. The van der Waals surface area contributed by atoms with E-state index in [-0.39, 0.29) is 5.90 Å². The van der Waals surface area contributed by atoms with E-state index in [9.17, 15) is 46.0 Å². The van der Waals surface area contributed by atoms with Crippen molar-refractivity contribution in [3.63, 3.8) is 0 Å². The van der Waals surface area contributed by atoms with Gasteiger partial charge in [0, 0.05) is 6.92 Å². The lowest BCUT2D eigenvalue weighted by molar-refractivity contribution is -0.373. The van der Waals surface area contributed by atoms with Crippen LogP contribution in [0.25, 0.3) is 0 Å². The Bertz CT molecular complexity index is 771. The summed E-state index contributed by atoms with van der Waals surface area (Å²) in [6.07, 6.45) is -21.2. The molecule has 0 saturated carbocycles. The minimum atomic E-state index is -1.83. The van der Waals surface area contributed by atoms with Gasteiger partial charge >= 0.3 is 0 Å². The number of aliphatic hydroxyl groups is 9. The maximum atomic E-state index is 10.9. The number of fused-ring (bicyclic) bond motifs is 1. The highest BCUT2D eigenvalue weighted by Gasteiger charge is 2.54. The first-order valence-corrected chi connectivity index (χ1v) is 11.5. The van der Waals surface area contributed by atoms with Gasteiger partial charge in [0.05, 0.1) is 19.8 Å². The molecule has 0 spiro atoms. The zero-order valence-corrected chi connectivity index (χ0v) is 19.2. The Balaban J connectivity index is 1.51. The molecule has 0 aromatic heterocycles. The van der Waals surface area contributed by atoms with Crippen LogP contribution < -0.4 is 0 Å². The van der Waals surface area contributed by atoms with E-state index in [1.54, 1.807) is 6.92 Å². The average molecular weight is 527 g/mol. The SMILES string of the molecule is CC1=N[C@H]2C(O)[C@H](O[C@@H]3OC(CO)[C@@H](O)[C@H](O[C@H]4O[C@@H](CO)[C@@H](O)C(O)C4O)C3O)C(CO)O[C@@H]2O1. The van der Waals surface area contributed by atoms with Gasteiger partial charge < -0.3 is 74.4 Å². The van der Waals surface area contributed by atoms with E-state index in [0.717, 1.165) is 0 Å². The fourth-order valence-electron chi connectivity index (χ4n) is 4.68. The lowest BCUT2D eigenvalue weighted by Gasteiger charge is -2.47. The maximum Gasteiger partial charge on any atom is 0.227 e. The van der Waals surface area contributed by atoms with E-state index < -0.39 is 112 Å². The summed E-state index contributed by atoms with van der Waals surface area (Å²) in [4.78, 5) is 4.14. The van der Waals surface area contributed by atoms with Gasteiger partial charge in [0.25, 0.3) is 0 Å². The third-order valence-electron chi connectivity index (χ3n) is 6.69. The first-order valence-electron chi connectivity index (χ1n) is 11.5. The normalized spacial score (nSPS) is 51.4. The van der Waals surface area contributed by atoms with Crippen LogP contribution in [-0.2, 0) is 28.4 Å². The number of aliphatic hydroxyl groups excluding tert-OH is 9. The largest absolute Gasteiger partial charge is 0.450 e. The van der Waals surface area contributed by atoms with E-state index in [0.29, 0.717) is 0 Å². The Morgan fingerprint density at radius 3 is 1.81 bits per heavy atom. The summed E-state index contributed by atoms with van der Waals surface area (Å²) >= 11 is 0. The van der Waals surface area contributed by atoms with Gasteiger partial charge in [-0.25, -0.2) is 4.99 Å². The molecule has 0 aromatic rings. The maximum absolute atomic E-state index is 10.9. The molecule has 3 saturated heterocycles. The van der Waals surface area contributed by atoms with Crippen molar-refractivity contribution < 1.29 is 74.4 Å². The molecule has 15 atom stereocenters. The standard InChI is InChI=1S/C20H33NO15/c1-5-21-9-12(27)16(8(4-24)34-18(9)31-5)35-20-15(30)17(11(26)7(3-23)33-20)36-19-14(29)13(28)10(25)6(2-22)32-19/h6-20,22-30H,2-4H2,1H3/t6-,7?,8?,9-,10+,11+,12?,13?,14?,15?,16+,17-,18-,19+,20-/m0/s1. The average Bonchev–Trinajstić information content (AvgIpc) is 3.24. The second kappa shape index (κ2) is 11.3. The molecule has 4 aliphatic rings. The molecular weight excluding hydrogens is 494 g/mol. The van der Waals surface area contributed by atoms with Gasteiger partial charge in [-0.3, -0.25) is 0 Å². The van der Waals surface area contributed by atoms with Gasteiger partial charge in [0.2, 0.25) is 6.29 Å². The van der Waals surface area contributed by atoms with Crippen LogP contribution in [-0.4, -0.2) is 164 Å². The molecule has 3 fully saturated rings. The molecule has 0 radical (unpaired) electrons. The minimum Gasteiger partial charge on any atom is -0.450 e. The molecule has 6 unspecified atom stereocenters. The van der Waals surface area contributed by atoms with Crippen LogP contribution in [0.4, 0.5) is 0 Å². The van der Waals surface area contributed by atoms with E-state index >= 15 is 0 Å². The molecule has 4 aliphatic heterocycles. The number of aliphatic imine (C=N–C) groups is 1. The van der Waals surface area contributed by atoms with Gasteiger partial charge in [-0.1, -0.05) is 0 Å². The molecule has 4 rings (SSSR count). The van der Waals surface area contributed by atoms with Crippen LogP contribution in [0, 0.1) is 0 Å². The summed E-state index contributed by atoms with van der Waals surface area (Å²) in [7, 11) is 0. The van der Waals surface area contributed by atoms with Crippen molar-refractivity contribution in [1.82, 2.24) is 0 Å². The summed E-state index contributed by atoms with van der Waals surface area (Å²) in [5, 5.41) is 91.4. The first kappa shape index (κ1) is 27.9. The number of hydrogen-bond acceptors (Lipinski definition) is 16. The summed E-state index contributed by atoms with van der Waals surface area (Å²) in [5.74, 6) is 0.256. The monoisotopic (exact) mass is 527 g/mol. The smallest absolute Gasteiger partial charge is 0.227 e. The Hall–Kier alpha value is -1.09. The molecule has 16 heteroatoms. The molecule has 36 heavy (non-hydrogen) atoms. The van der Waals surface area contributed by atoms with Crippen LogP contribution in [0.5, 0.6) is 0 Å². The van der Waals surface area contributed by atoms with Crippen molar-refractivity contribution in [1.29, 1.82) is 0 Å². The molecule has 0 aromatic carbocycles. The predicted octanol–water partition coefficient (Wildman–Crippen LogP) is -6.11. The van der Waals surface area contributed by atoms with Gasteiger partial charge in [-0.05, 0) is 0 Å². The Morgan fingerprint density at radius 1 is 0.639 bits per heavy atom. The number of rotatable bonds is 7. The molecule has 0 bridgehead atoms. The Labute approximate surface area is 204 Å². The zero-order valence-electron chi connectivity index (χ0n) is 19.2.